The largest absolute Gasteiger partial charge is 0.492 e. The Morgan fingerprint density at radius 3 is 2.84 bits per heavy atom. The Kier molecular flexibility index (Phi) is 2.75. The van der Waals surface area contributed by atoms with Crippen molar-refractivity contribution in [3.63, 3.8) is 0 Å². The van der Waals surface area contributed by atoms with E-state index >= 15 is 0 Å². The average molecular weight is 254 g/mol. The molecule has 0 saturated carbocycles. The lowest BCUT2D eigenvalue weighted by molar-refractivity contribution is 0.0698. The molecule has 1 aliphatic heterocycles. The van der Waals surface area contributed by atoms with Crippen LogP contribution in [0.15, 0.2) is 36.4 Å². The van der Waals surface area contributed by atoms with E-state index in [1.807, 2.05) is 37.3 Å². The molecule has 1 aliphatic rings. The summed E-state index contributed by atoms with van der Waals surface area (Å²) in [5.41, 5.74) is 4.10. The van der Waals surface area contributed by atoms with E-state index < -0.39 is 5.97 Å². The maximum Gasteiger partial charge on any atom is 0.336 e. The van der Waals surface area contributed by atoms with Crippen LogP contribution in [0.4, 0.5) is 0 Å². The lowest BCUT2D eigenvalue weighted by atomic mass is 9.95. The molecule has 1 N–H and O–H groups in total. The van der Waals surface area contributed by atoms with Crippen LogP contribution < -0.4 is 4.74 Å². The molecule has 1 heterocycles. The molecule has 0 bridgehead atoms. The summed E-state index contributed by atoms with van der Waals surface area (Å²) < 4.78 is 5.67. The first-order valence-corrected chi connectivity index (χ1v) is 6.26. The van der Waals surface area contributed by atoms with Gasteiger partial charge in [-0.1, -0.05) is 35.9 Å². The second-order valence-corrected chi connectivity index (χ2v) is 4.75. The fourth-order valence-electron chi connectivity index (χ4n) is 2.49. The summed E-state index contributed by atoms with van der Waals surface area (Å²) in [5, 5.41) is 9.33. The Balaban J connectivity index is 2.25. The third-order valence-electron chi connectivity index (χ3n) is 3.41. The molecule has 0 amide bonds. The van der Waals surface area contributed by atoms with Crippen molar-refractivity contribution in [1.29, 1.82) is 0 Å². The Labute approximate surface area is 111 Å². The monoisotopic (exact) mass is 254 g/mol. The summed E-state index contributed by atoms with van der Waals surface area (Å²) in [7, 11) is 0. The van der Waals surface area contributed by atoms with E-state index in [9.17, 15) is 9.90 Å². The van der Waals surface area contributed by atoms with Crippen molar-refractivity contribution in [2.45, 2.75) is 13.3 Å². The van der Waals surface area contributed by atoms with Crippen molar-refractivity contribution in [3.8, 4) is 16.9 Å². The molecule has 0 aliphatic carbocycles. The van der Waals surface area contributed by atoms with Gasteiger partial charge in [0.15, 0.2) is 0 Å². The van der Waals surface area contributed by atoms with Gasteiger partial charge in [-0.3, -0.25) is 0 Å². The van der Waals surface area contributed by atoms with E-state index in [0.717, 1.165) is 34.4 Å². The summed E-state index contributed by atoms with van der Waals surface area (Å²) in [4.78, 5) is 11.4. The fourth-order valence-corrected chi connectivity index (χ4v) is 2.49. The predicted octanol–water partition coefficient (Wildman–Crippen LogP) is 3.30. The number of carboxylic acids is 1. The third-order valence-corrected chi connectivity index (χ3v) is 3.41. The summed E-state index contributed by atoms with van der Waals surface area (Å²) in [6.07, 6.45) is 0.886. The van der Waals surface area contributed by atoms with Gasteiger partial charge in [0.05, 0.1) is 12.2 Å². The van der Waals surface area contributed by atoms with Crippen LogP contribution in [-0.4, -0.2) is 17.7 Å². The summed E-state index contributed by atoms with van der Waals surface area (Å²) in [6, 6.07) is 11.3. The number of para-hydroxylation sites is 1. The quantitative estimate of drug-likeness (QED) is 0.894. The number of ether oxygens (including phenoxy) is 1. The smallest absolute Gasteiger partial charge is 0.336 e. The number of rotatable bonds is 2. The minimum atomic E-state index is -0.911. The molecule has 3 rings (SSSR count). The molecule has 0 aromatic heterocycles. The number of benzene rings is 2. The van der Waals surface area contributed by atoms with E-state index in [1.54, 1.807) is 6.07 Å². The van der Waals surface area contributed by atoms with Gasteiger partial charge in [-0.25, -0.2) is 4.79 Å². The van der Waals surface area contributed by atoms with Crippen LogP contribution in [-0.2, 0) is 6.42 Å². The SMILES string of the molecule is Cc1ccc(C(=O)O)c(-c2cccc3c2OCC3)c1. The molecule has 2 aromatic carbocycles. The molecular weight excluding hydrogens is 240 g/mol. The number of fused-ring (bicyclic) bond motifs is 1. The fraction of sp³-hybridized carbons (Fsp3) is 0.188. The Hall–Kier alpha value is -2.29. The topological polar surface area (TPSA) is 46.5 Å². The third kappa shape index (κ3) is 1.97. The van der Waals surface area contributed by atoms with Crippen LogP contribution in [0.25, 0.3) is 11.1 Å². The lowest BCUT2D eigenvalue weighted by Gasteiger charge is -2.11. The highest BCUT2D eigenvalue weighted by Gasteiger charge is 2.20. The van der Waals surface area contributed by atoms with Crippen LogP contribution in [0.5, 0.6) is 5.75 Å². The first kappa shape index (κ1) is 11.8. The first-order valence-electron chi connectivity index (χ1n) is 6.26. The number of carboxylic acid groups (broad SMARTS) is 1. The van der Waals surface area contributed by atoms with Gasteiger partial charge >= 0.3 is 5.97 Å². The minimum Gasteiger partial charge on any atom is -0.492 e. The maximum atomic E-state index is 11.4. The Bertz CT molecular complexity index is 659. The van der Waals surface area contributed by atoms with Gasteiger partial charge in [-0.05, 0) is 18.6 Å². The van der Waals surface area contributed by atoms with Crippen molar-refractivity contribution < 1.29 is 14.6 Å². The lowest BCUT2D eigenvalue weighted by Crippen LogP contribution is -2.00. The molecule has 96 valence electrons. The minimum absolute atomic E-state index is 0.314. The molecule has 0 saturated heterocycles. The number of aryl methyl sites for hydroxylation is 1. The second kappa shape index (κ2) is 4.43. The van der Waals surface area contributed by atoms with Gasteiger partial charge in [0, 0.05) is 17.5 Å². The van der Waals surface area contributed by atoms with Crippen LogP contribution in [0.3, 0.4) is 0 Å². The second-order valence-electron chi connectivity index (χ2n) is 4.75. The van der Waals surface area contributed by atoms with Crippen LogP contribution >= 0.6 is 0 Å². The highest BCUT2D eigenvalue weighted by atomic mass is 16.5. The first-order chi connectivity index (χ1) is 9.16. The normalized spacial score (nSPS) is 12.9. The van der Waals surface area contributed by atoms with Crippen LogP contribution in [0.1, 0.15) is 21.5 Å². The Morgan fingerprint density at radius 2 is 2.05 bits per heavy atom. The standard InChI is InChI=1S/C16H14O3/c1-10-5-6-13(16(17)18)14(9-10)12-4-2-3-11-7-8-19-15(11)12/h2-6,9H,7-8H2,1H3,(H,17,18). The number of carbonyl (C=O) groups is 1. The number of hydrogen-bond donors (Lipinski definition) is 1. The molecule has 0 radical (unpaired) electrons. The molecule has 3 heteroatoms. The molecule has 3 nitrogen and oxygen atoms in total. The molecule has 0 spiro atoms. The van der Waals surface area contributed by atoms with Gasteiger partial charge in [0.2, 0.25) is 0 Å². The van der Waals surface area contributed by atoms with E-state index in [-0.39, 0.29) is 0 Å². The molecule has 0 atom stereocenters. The van der Waals surface area contributed by atoms with E-state index in [0.29, 0.717) is 12.2 Å². The zero-order valence-electron chi connectivity index (χ0n) is 10.6. The van der Waals surface area contributed by atoms with Gasteiger partial charge in [-0.2, -0.15) is 0 Å². The van der Waals surface area contributed by atoms with Gasteiger partial charge in [-0.15, -0.1) is 0 Å². The highest BCUT2D eigenvalue weighted by Crippen LogP contribution is 2.38. The van der Waals surface area contributed by atoms with Crippen molar-refractivity contribution >= 4 is 5.97 Å². The van der Waals surface area contributed by atoms with Crippen molar-refractivity contribution in [3.05, 3.63) is 53.1 Å². The summed E-state index contributed by atoms with van der Waals surface area (Å²) >= 11 is 0. The van der Waals surface area contributed by atoms with Crippen LogP contribution in [0.2, 0.25) is 0 Å². The zero-order valence-corrected chi connectivity index (χ0v) is 10.6. The van der Waals surface area contributed by atoms with Gasteiger partial charge < -0.3 is 9.84 Å². The molecular formula is C16H14O3. The van der Waals surface area contributed by atoms with E-state index in [1.165, 1.54) is 0 Å². The number of aromatic carboxylic acids is 1. The molecule has 19 heavy (non-hydrogen) atoms. The molecule has 2 aromatic rings. The zero-order chi connectivity index (χ0) is 13.4. The van der Waals surface area contributed by atoms with Crippen molar-refractivity contribution in [2.24, 2.45) is 0 Å². The number of hydrogen-bond acceptors (Lipinski definition) is 2. The Morgan fingerprint density at radius 1 is 1.21 bits per heavy atom. The highest BCUT2D eigenvalue weighted by molar-refractivity contribution is 5.97. The van der Waals surface area contributed by atoms with Gasteiger partial charge in [0.25, 0.3) is 0 Å². The molecule has 0 unspecified atom stereocenters. The van der Waals surface area contributed by atoms with E-state index in [4.69, 9.17) is 4.74 Å². The maximum absolute atomic E-state index is 11.4. The predicted molar refractivity (Wildman–Crippen MR) is 72.8 cm³/mol. The summed E-state index contributed by atoms with van der Waals surface area (Å²) in [5.74, 6) is -0.0822. The van der Waals surface area contributed by atoms with Crippen LogP contribution in [0, 0.1) is 6.92 Å². The summed E-state index contributed by atoms with van der Waals surface area (Å²) in [6.45, 7) is 2.62. The van der Waals surface area contributed by atoms with E-state index in [2.05, 4.69) is 0 Å². The van der Waals surface area contributed by atoms with Crippen molar-refractivity contribution in [2.75, 3.05) is 6.61 Å². The van der Waals surface area contributed by atoms with Crippen molar-refractivity contribution in [1.82, 2.24) is 0 Å². The van der Waals surface area contributed by atoms with Gasteiger partial charge in [0.1, 0.15) is 5.75 Å². The molecule has 0 fully saturated rings. The average Bonchev–Trinajstić information content (AvgIpc) is 2.86.